The van der Waals surface area contributed by atoms with Crippen molar-refractivity contribution in [3.63, 3.8) is 0 Å². The van der Waals surface area contributed by atoms with Gasteiger partial charge in [-0.3, -0.25) is 15.0 Å². The van der Waals surface area contributed by atoms with E-state index in [-0.39, 0.29) is 18.4 Å². The molecule has 13 heavy (non-hydrogen) atoms. The molecule has 2 aliphatic rings. The summed E-state index contributed by atoms with van der Waals surface area (Å²) in [7, 11) is 0. The Hall–Kier alpha value is -0.650. The maximum atomic E-state index is 11.2. The predicted molar refractivity (Wildman–Crippen MR) is 48.5 cm³/mol. The third-order valence-electron chi connectivity index (χ3n) is 2.58. The summed E-state index contributed by atoms with van der Waals surface area (Å²) < 4.78 is 0. The number of carbonyl (C=O) groups excluding carboxylic acids is 1. The van der Waals surface area contributed by atoms with E-state index in [1.165, 1.54) is 12.8 Å². The van der Waals surface area contributed by atoms with Crippen LogP contribution in [0.15, 0.2) is 0 Å². The molecule has 5 heteroatoms. The van der Waals surface area contributed by atoms with E-state index in [9.17, 15) is 4.79 Å². The zero-order valence-corrected chi connectivity index (χ0v) is 7.62. The van der Waals surface area contributed by atoms with E-state index in [0.717, 1.165) is 13.1 Å². The average Bonchev–Trinajstić information content (AvgIpc) is 2.53. The molecule has 2 atom stereocenters. The van der Waals surface area contributed by atoms with Crippen molar-refractivity contribution in [3.05, 3.63) is 0 Å². The van der Waals surface area contributed by atoms with Gasteiger partial charge in [-0.15, -0.1) is 0 Å². The van der Waals surface area contributed by atoms with Crippen molar-refractivity contribution in [1.82, 2.24) is 15.5 Å². The highest BCUT2D eigenvalue weighted by Crippen LogP contribution is 2.11. The van der Waals surface area contributed by atoms with Crippen LogP contribution in [0.5, 0.6) is 0 Å². The van der Waals surface area contributed by atoms with Gasteiger partial charge in [0.05, 0.1) is 12.6 Å². The lowest BCUT2D eigenvalue weighted by atomic mass is 10.3. The zero-order chi connectivity index (χ0) is 9.26. The van der Waals surface area contributed by atoms with Crippen LogP contribution in [0.4, 0.5) is 0 Å². The van der Waals surface area contributed by atoms with Crippen LogP contribution >= 0.6 is 0 Å². The summed E-state index contributed by atoms with van der Waals surface area (Å²) in [6, 6.07) is 0. The largest absolute Gasteiger partial charge is 0.328 e. The Kier molecular flexibility index (Phi) is 2.48. The molecular weight excluding hydrogens is 168 g/mol. The van der Waals surface area contributed by atoms with Gasteiger partial charge in [-0.2, -0.15) is 0 Å². The van der Waals surface area contributed by atoms with Gasteiger partial charge in [0.1, 0.15) is 6.29 Å². The highest BCUT2D eigenvalue weighted by atomic mass is 16.2. The first-order valence-corrected chi connectivity index (χ1v) is 4.81. The molecule has 2 rings (SSSR count). The van der Waals surface area contributed by atoms with Crippen molar-refractivity contribution >= 4 is 5.91 Å². The number of hydrogen-bond acceptors (Lipinski definition) is 4. The molecule has 2 saturated heterocycles. The maximum Gasteiger partial charge on any atom is 0.225 e. The summed E-state index contributed by atoms with van der Waals surface area (Å²) in [5.74, 6) is 0.0446. The van der Waals surface area contributed by atoms with Crippen molar-refractivity contribution in [2.75, 3.05) is 13.1 Å². The van der Waals surface area contributed by atoms with Crippen LogP contribution in [0.3, 0.4) is 0 Å². The summed E-state index contributed by atoms with van der Waals surface area (Å²) in [5.41, 5.74) is 5.68. The Morgan fingerprint density at radius 1 is 1.38 bits per heavy atom. The second kappa shape index (κ2) is 3.61. The third-order valence-corrected chi connectivity index (χ3v) is 2.58. The number of likely N-dealkylation sites (tertiary alicyclic amines) is 1. The molecule has 1 amide bonds. The van der Waals surface area contributed by atoms with Gasteiger partial charge < -0.3 is 11.1 Å². The molecule has 0 aliphatic carbocycles. The van der Waals surface area contributed by atoms with Crippen molar-refractivity contribution in [2.45, 2.75) is 31.7 Å². The van der Waals surface area contributed by atoms with E-state index in [4.69, 9.17) is 5.73 Å². The minimum absolute atomic E-state index is 0.0428. The van der Waals surface area contributed by atoms with Crippen LogP contribution < -0.4 is 16.4 Å². The number of nitrogens with zero attached hydrogens (tertiary/aromatic N) is 1. The minimum atomic E-state index is -0.195. The fraction of sp³-hybridized carbons (Fsp3) is 0.875. The van der Waals surface area contributed by atoms with Crippen LogP contribution in [0.1, 0.15) is 19.3 Å². The van der Waals surface area contributed by atoms with E-state index >= 15 is 0 Å². The molecule has 0 bridgehead atoms. The average molecular weight is 184 g/mol. The Bertz CT molecular complexity index is 202. The SMILES string of the molecule is NC1CC(=O)NC(N2CCCC2)N1. The number of rotatable bonds is 1. The Labute approximate surface area is 77.6 Å². The molecule has 74 valence electrons. The molecule has 0 aromatic rings. The lowest BCUT2D eigenvalue weighted by Gasteiger charge is -2.35. The predicted octanol–water partition coefficient (Wildman–Crippen LogP) is -1.24. The van der Waals surface area contributed by atoms with E-state index < -0.39 is 0 Å². The van der Waals surface area contributed by atoms with E-state index in [1.54, 1.807) is 0 Å². The lowest BCUT2D eigenvalue weighted by molar-refractivity contribution is -0.126. The second-order valence-corrected chi connectivity index (χ2v) is 3.69. The fourth-order valence-electron chi connectivity index (χ4n) is 1.91. The van der Waals surface area contributed by atoms with E-state index in [1.807, 2.05) is 0 Å². The highest BCUT2D eigenvalue weighted by molar-refractivity contribution is 5.77. The van der Waals surface area contributed by atoms with Crippen LogP contribution in [-0.4, -0.2) is 36.4 Å². The van der Waals surface area contributed by atoms with Gasteiger partial charge in [-0.05, 0) is 12.8 Å². The third kappa shape index (κ3) is 1.99. The quantitative estimate of drug-likeness (QED) is 0.477. The molecular formula is C8H16N4O. The second-order valence-electron chi connectivity index (χ2n) is 3.69. The molecule has 0 saturated carbocycles. The molecule has 2 heterocycles. The monoisotopic (exact) mass is 184 g/mol. The fourth-order valence-corrected chi connectivity index (χ4v) is 1.91. The summed E-state index contributed by atoms with van der Waals surface area (Å²) in [4.78, 5) is 13.4. The Morgan fingerprint density at radius 3 is 2.69 bits per heavy atom. The van der Waals surface area contributed by atoms with Gasteiger partial charge in [0.25, 0.3) is 0 Å². The number of amides is 1. The Balaban J connectivity index is 1.94. The van der Waals surface area contributed by atoms with Gasteiger partial charge in [-0.25, -0.2) is 0 Å². The zero-order valence-electron chi connectivity index (χ0n) is 7.62. The van der Waals surface area contributed by atoms with Gasteiger partial charge in [-0.1, -0.05) is 0 Å². The lowest BCUT2D eigenvalue weighted by Crippen LogP contribution is -2.65. The normalized spacial score (nSPS) is 36.2. The summed E-state index contributed by atoms with van der Waals surface area (Å²) in [6.45, 7) is 2.09. The summed E-state index contributed by atoms with van der Waals surface area (Å²) in [5, 5.41) is 6.04. The van der Waals surface area contributed by atoms with Crippen molar-refractivity contribution in [1.29, 1.82) is 0 Å². The maximum absolute atomic E-state index is 11.2. The highest BCUT2D eigenvalue weighted by Gasteiger charge is 2.28. The summed E-state index contributed by atoms with van der Waals surface area (Å²) >= 11 is 0. The first kappa shape index (κ1) is 8.93. The van der Waals surface area contributed by atoms with Crippen LogP contribution in [0, 0.1) is 0 Å². The number of carbonyl (C=O) groups is 1. The standard InChI is InChI=1S/C8H16N4O/c9-6-5-7(13)11-8(10-6)12-3-1-2-4-12/h6,8,10H,1-5,9H2,(H,11,13). The topological polar surface area (TPSA) is 70.4 Å². The van der Waals surface area contributed by atoms with Crippen molar-refractivity contribution in [2.24, 2.45) is 5.73 Å². The van der Waals surface area contributed by atoms with Crippen molar-refractivity contribution in [3.8, 4) is 0 Å². The van der Waals surface area contributed by atoms with E-state index in [0.29, 0.717) is 6.42 Å². The van der Waals surface area contributed by atoms with Gasteiger partial charge in [0, 0.05) is 13.1 Å². The molecule has 2 aliphatic heterocycles. The Morgan fingerprint density at radius 2 is 2.08 bits per heavy atom. The summed E-state index contributed by atoms with van der Waals surface area (Å²) in [6.07, 6.45) is 2.56. The van der Waals surface area contributed by atoms with E-state index in [2.05, 4.69) is 15.5 Å². The molecule has 0 radical (unpaired) electrons. The van der Waals surface area contributed by atoms with Gasteiger partial charge in [0.15, 0.2) is 0 Å². The molecule has 2 unspecified atom stereocenters. The van der Waals surface area contributed by atoms with Crippen LogP contribution in [0.2, 0.25) is 0 Å². The number of nitrogens with two attached hydrogens (primary N) is 1. The molecule has 0 aromatic carbocycles. The number of hydrogen-bond donors (Lipinski definition) is 3. The molecule has 0 aromatic heterocycles. The van der Waals surface area contributed by atoms with Crippen LogP contribution in [-0.2, 0) is 4.79 Å². The first-order chi connectivity index (χ1) is 6.25. The molecule has 2 fully saturated rings. The van der Waals surface area contributed by atoms with Gasteiger partial charge >= 0.3 is 0 Å². The van der Waals surface area contributed by atoms with Crippen molar-refractivity contribution < 1.29 is 4.79 Å². The molecule has 5 nitrogen and oxygen atoms in total. The number of nitrogens with one attached hydrogen (secondary N) is 2. The minimum Gasteiger partial charge on any atom is -0.328 e. The van der Waals surface area contributed by atoms with Gasteiger partial charge in [0.2, 0.25) is 5.91 Å². The first-order valence-electron chi connectivity index (χ1n) is 4.81. The smallest absolute Gasteiger partial charge is 0.225 e. The van der Waals surface area contributed by atoms with Crippen LogP contribution in [0.25, 0.3) is 0 Å². The molecule has 4 N–H and O–H groups in total. The molecule has 0 spiro atoms.